The lowest BCUT2D eigenvalue weighted by Gasteiger charge is -2.10. The van der Waals surface area contributed by atoms with Crippen LogP contribution in [0.1, 0.15) is 6.92 Å². The van der Waals surface area contributed by atoms with Crippen LogP contribution >= 0.6 is 0 Å². The number of ether oxygens (including phenoxy) is 3. The Hall–Kier alpha value is -2.44. The number of aliphatic carboxylic acids is 2. The van der Waals surface area contributed by atoms with E-state index in [0.717, 1.165) is 6.92 Å². The summed E-state index contributed by atoms with van der Waals surface area (Å²) < 4.78 is 15.3. The van der Waals surface area contributed by atoms with Gasteiger partial charge < -0.3 is 24.4 Å². The highest BCUT2D eigenvalue weighted by molar-refractivity contribution is 5.92. The molecule has 0 aromatic heterocycles. The van der Waals surface area contributed by atoms with E-state index >= 15 is 0 Å². The lowest BCUT2D eigenvalue weighted by atomic mass is 10.2. The molecule has 20 heavy (non-hydrogen) atoms. The summed E-state index contributed by atoms with van der Waals surface area (Å²) in [5, 5.41) is 15.9. The molecule has 7 heteroatoms. The van der Waals surface area contributed by atoms with Crippen LogP contribution < -0.4 is 14.2 Å². The molecule has 0 spiro atoms. The highest BCUT2D eigenvalue weighted by atomic mass is 16.5. The van der Waals surface area contributed by atoms with Crippen molar-refractivity contribution in [2.45, 2.75) is 6.92 Å². The number of rotatable bonds is 5. The van der Waals surface area contributed by atoms with Crippen molar-refractivity contribution in [3.05, 3.63) is 18.2 Å². The van der Waals surface area contributed by atoms with Gasteiger partial charge in [0.1, 0.15) is 0 Å². The minimum absolute atomic E-state index is 0.627. The van der Waals surface area contributed by atoms with Crippen LogP contribution in [-0.2, 0) is 9.59 Å². The number of para-hydroxylation sites is 1. The van der Waals surface area contributed by atoms with E-state index in [1.807, 2.05) is 18.2 Å². The van der Waals surface area contributed by atoms with Crippen LogP contribution in [0.15, 0.2) is 18.2 Å². The predicted octanol–water partition coefficient (Wildman–Crippen LogP) is 1.50. The molecule has 0 bridgehead atoms. The van der Waals surface area contributed by atoms with Gasteiger partial charge in [0.2, 0.25) is 5.75 Å². The van der Waals surface area contributed by atoms with Gasteiger partial charge in [0.15, 0.2) is 17.4 Å². The quantitative estimate of drug-likeness (QED) is 0.791. The maximum Gasteiger partial charge on any atom is 0.317 e. The van der Waals surface area contributed by atoms with Gasteiger partial charge in [-0.1, -0.05) is 6.07 Å². The van der Waals surface area contributed by atoms with Gasteiger partial charge in [-0.25, -0.2) is 0 Å². The molecule has 1 aromatic carbocycles. The number of hydrogen-bond acceptors (Lipinski definition) is 5. The van der Waals surface area contributed by atoms with E-state index in [1.165, 1.54) is 0 Å². The third kappa shape index (κ3) is 5.05. The molecule has 0 amide bonds. The van der Waals surface area contributed by atoms with Crippen molar-refractivity contribution in [1.29, 1.82) is 0 Å². The van der Waals surface area contributed by atoms with E-state index in [1.54, 1.807) is 21.3 Å². The molecule has 1 rings (SSSR count). The molecule has 0 aliphatic rings. The largest absolute Gasteiger partial charge is 0.493 e. The molecule has 0 radical (unpaired) electrons. The lowest BCUT2D eigenvalue weighted by molar-refractivity contribution is -0.153. The summed E-state index contributed by atoms with van der Waals surface area (Å²) in [5.41, 5.74) is 0. The first-order chi connectivity index (χ1) is 9.38. The predicted molar refractivity (Wildman–Crippen MR) is 70.5 cm³/mol. The summed E-state index contributed by atoms with van der Waals surface area (Å²) in [4.78, 5) is 19.5. The fourth-order valence-electron chi connectivity index (χ4n) is 1.12. The van der Waals surface area contributed by atoms with Crippen LogP contribution in [0.25, 0.3) is 0 Å². The van der Waals surface area contributed by atoms with E-state index in [2.05, 4.69) is 0 Å². The first-order valence-corrected chi connectivity index (χ1v) is 5.59. The molecule has 0 saturated heterocycles. The average molecular weight is 286 g/mol. The molecule has 0 fully saturated rings. The van der Waals surface area contributed by atoms with Gasteiger partial charge in [0.05, 0.1) is 21.3 Å². The average Bonchev–Trinajstić information content (AvgIpc) is 2.45. The fraction of sp³-hybridized carbons (Fsp3) is 0.385. The molecule has 0 aliphatic carbocycles. The Kier molecular flexibility index (Phi) is 7.57. The standard InChI is InChI=1S/C9H12O3.C4H6O4/c1-10-7-5-4-6-8(11-2)9(7)12-3;1-2(3(5)6)4(7)8/h4-6H,1-3H3;2H,1H3,(H,5,6)(H,7,8). The minimum Gasteiger partial charge on any atom is -0.493 e. The molecular formula is C13H18O7. The zero-order valence-corrected chi connectivity index (χ0v) is 11.7. The molecule has 1 aromatic rings. The van der Waals surface area contributed by atoms with E-state index in [9.17, 15) is 9.59 Å². The van der Waals surface area contributed by atoms with Gasteiger partial charge in [-0.3, -0.25) is 9.59 Å². The van der Waals surface area contributed by atoms with Crippen molar-refractivity contribution in [2.24, 2.45) is 5.92 Å². The topological polar surface area (TPSA) is 102 Å². The van der Waals surface area contributed by atoms with Crippen LogP contribution in [0.4, 0.5) is 0 Å². The molecule has 0 aliphatic heterocycles. The molecule has 0 heterocycles. The summed E-state index contributed by atoms with van der Waals surface area (Å²) in [7, 11) is 4.77. The highest BCUT2D eigenvalue weighted by Crippen LogP contribution is 2.35. The smallest absolute Gasteiger partial charge is 0.317 e. The van der Waals surface area contributed by atoms with Gasteiger partial charge in [0, 0.05) is 0 Å². The van der Waals surface area contributed by atoms with Gasteiger partial charge >= 0.3 is 11.9 Å². The Balaban J connectivity index is 0.000000396. The number of benzene rings is 1. The van der Waals surface area contributed by atoms with Gasteiger partial charge in [-0.05, 0) is 19.1 Å². The SMILES string of the molecule is CC(C(=O)O)C(=O)O.COc1cccc(OC)c1OC. The highest BCUT2D eigenvalue weighted by Gasteiger charge is 2.18. The summed E-state index contributed by atoms with van der Waals surface area (Å²) in [5.74, 6) is -1.93. The Morgan fingerprint density at radius 3 is 1.55 bits per heavy atom. The van der Waals surface area contributed by atoms with Crippen LogP contribution in [0.5, 0.6) is 17.2 Å². The van der Waals surface area contributed by atoms with Crippen LogP contribution in [0.3, 0.4) is 0 Å². The van der Waals surface area contributed by atoms with Crippen molar-refractivity contribution in [3.8, 4) is 17.2 Å². The number of carboxylic acids is 2. The van der Waals surface area contributed by atoms with E-state index in [-0.39, 0.29) is 0 Å². The van der Waals surface area contributed by atoms with E-state index in [4.69, 9.17) is 24.4 Å². The molecule has 7 nitrogen and oxygen atoms in total. The fourth-order valence-corrected chi connectivity index (χ4v) is 1.12. The van der Waals surface area contributed by atoms with Gasteiger partial charge in [-0.15, -0.1) is 0 Å². The molecule has 0 atom stereocenters. The van der Waals surface area contributed by atoms with E-state index in [0.29, 0.717) is 17.2 Å². The maximum atomic E-state index is 9.76. The van der Waals surface area contributed by atoms with Crippen LogP contribution in [-0.4, -0.2) is 43.5 Å². The second kappa shape index (κ2) is 8.63. The lowest BCUT2D eigenvalue weighted by Crippen LogP contribution is -2.19. The second-order valence-corrected chi connectivity index (χ2v) is 3.59. The number of carboxylic acid groups (broad SMARTS) is 2. The molecule has 0 unspecified atom stereocenters. The van der Waals surface area contributed by atoms with Crippen molar-refractivity contribution >= 4 is 11.9 Å². The normalized spacial score (nSPS) is 9.25. The summed E-state index contributed by atoms with van der Waals surface area (Å²) in [6.07, 6.45) is 0. The van der Waals surface area contributed by atoms with Gasteiger partial charge in [0.25, 0.3) is 0 Å². The number of methoxy groups -OCH3 is 3. The first-order valence-electron chi connectivity index (χ1n) is 5.59. The summed E-state index contributed by atoms with van der Waals surface area (Å²) >= 11 is 0. The van der Waals surface area contributed by atoms with Crippen LogP contribution in [0.2, 0.25) is 0 Å². The Morgan fingerprint density at radius 2 is 1.35 bits per heavy atom. The van der Waals surface area contributed by atoms with E-state index < -0.39 is 17.9 Å². The van der Waals surface area contributed by atoms with Gasteiger partial charge in [-0.2, -0.15) is 0 Å². The minimum atomic E-state index is -1.31. The first kappa shape index (κ1) is 17.6. The number of carbonyl (C=O) groups is 2. The van der Waals surface area contributed by atoms with Crippen molar-refractivity contribution in [3.63, 3.8) is 0 Å². The zero-order valence-electron chi connectivity index (χ0n) is 11.7. The molecule has 2 N–H and O–H groups in total. The summed E-state index contributed by atoms with van der Waals surface area (Å²) in [6.45, 7) is 1.12. The zero-order chi connectivity index (χ0) is 15.7. The molecular weight excluding hydrogens is 268 g/mol. The molecule has 0 saturated carbocycles. The monoisotopic (exact) mass is 286 g/mol. The molecule has 112 valence electrons. The Bertz CT molecular complexity index is 420. The third-order valence-corrected chi connectivity index (χ3v) is 2.33. The van der Waals surface area contributed by atoms with Crippen molar-refractivity contribution < 1.29 is 34.0 Å². The van der Waals surface area contributed by atoms with Crippen molar-refractivity contribution in [1.82, 2.24) is 0 Å². The van der Waals surface area contributed by atoms with Crippen molar-refractivity contribution in [2.75, 3.05) is 21.3 Å². The third-order valence-electron chi connectivity index (χ3n) is 2.33. The van der Waals surface area contributed by atoms with Crippen LogP contribution in [0, 0.1) is 5.92 Å². The maximum absolute atomic E-state index is 9.76. The Labute approximate surface area is 116 Å². The second-order valence-electron chi connectivity index (χ2n) is 3.59. The summed E-state index contributed by atoms with van der Waals surface area (Å²) in [6, 6.07) is 5.49. The Morgan fingerprint density at radius 1 is 0.950 bits per heavy atom. The number of hydrogen-bond donors (Lipinski definition) is 2.